The third kappa shape index (κ3) is 2.94. The number of anilines is 1. The summed E-state index contributed by atoms with van der Waals surface area (Å²) < 4.78 is 24.9. The third-order valence-corrected chi connectivity index (χ3v) is 8.22. The average molecular weight is 390 g/mol. The van der Waals surface area contributed by atoms with Gasteiger partial charge in [0.1, 0.15) is 5.75 Å². The van der Waals surface area contributed by atoms with Gasteiger partial charge in [-0.2, -0.15) is 4.67 Å². The Morgan fingerprint density at radius 1 is 0.857 bits per heavy atom. The van der Waals surface area contributed by atoms with Crippen molar-refractivity contribution in [3.8, 4) is 16.9 Å². The Morgan fingerprint density at radius 2 is 1.54 bits per heavy atom. The van der Waals surface area contributed by atoms with E-state index in [1.807, 2.05) is 77.5 Å². The number of rotatable bonds is 4. The van der Waals surface area contributed by atoms with Gasteiger partial charge in [-0.25, -0.2) is 4.57 Å². The van der Waals surface area contributed by atoms with Crippen LogP contribution in [0, 0.1) is 0 Å². The summed E-state index contributed by atoms with van der Waals surface area (Å²) in [6, 6.07) is 28.3. The minimum Gasteiger partial charge on any atom is -0.417 e. The zero-order valence-corrected chi connectivity index (χ0v) is 16.5. The maximum atomic E-state index is 14.3. The van der Waals surface area contributed by atoms with E-state index < -0.39 is 7.67 Å². The van der Waals surface area contributed by atoms with Crippen LogP contribution in [0.1, 0.15) is 12.8 Å². The lowest BCUT2D eigenvalue weighted by molar-refractivity contribution is 0.375. The molecule has 5 heteroatoms. The molecule has 0 radical (unpaired) electrons. The van der Waals surface area contributed by atoms with Crippen molar-refractivity contribution in [2.24, 2.45) is 0 Å². The van der Waals surface area contributed by atoms with Gasteiger partial charge < -0.3 is 4.52 Å². The second-order valence-corrected chi connectivity index (χ2v) is 9.48. The highest BCUT2D eigenvalue weighted by molar-refractivity contribution is 7.59. The molecule has 2 saturated heterocycles. The van der Waals surface area contributed by atoms with E-state index in [4.69, 9.17) is 4.52 Å². The van der Waals surface area contributed by atoms with Crippen LogP contribution in [0.2, 0.25) is 0 Å². The summed E-state index contributed by atoms with van der Waals surface area (Å²) in [5.74, 6) is 0.672. The fraction of sp³-hybridized carbons (Fsp3) is 0.217. The molecular weight excluding hydrogens is 367 g/mol. The zero-order valence-electron chi connectivity index (χ0n) is 15.6. The Kier molecular flexibility index (Phi) is 4.46. The third-order valence-electron chi connectivity index (χ3n) is 5.60. The fourth-order valence-electron chi connectivity index (χ4n) is 4.26. The molecule has 0 spiro atoms. The second-order valence-electron chi connectivity index (χ2n) is 7.32. The van der Waals surface area contributed by atoms with Crippen molar-refractivity contribution in [1.82, 2.24) is 4.67 Å². The van der Waals surface area contributed by atoms with Crippen LogP contribution in [0.5, 0.6) is 5.75 Å². The van der Waals surface area contributed by atoms with E-state index in [9.17, 15) is 4.57 Å². The highest BCUT2D eigenvalue weighted by atomic mass is 31.2. The number of hydrogen-bond donors (Lipinski definition) is 0. The van der Waals surface area contributed by atoms with Gasteiger partial charge in [-0.3, -0.25) is 4.67 Å². The fourth-order valence-corrected chi connectivity index (χ4v) is 6.98. The molecule has 2 atom stereocenters. The van der Waals surface area contributed by atoms with Crippen molar-refractivity contribution in [2.75, 3.05) is 17.8 Å². The Labute approximate surface area is 165 Å². The standard InChI is InChI=1S/C23H23N2O2P/c26-28(27-23-16-8-7-15-22(23)19-10-3-1-4-11-19)24-17-9-14-21(24)18-25(28)20-12-5-2-6-13-20/h1-8,10-13,15-16,21H,9,14,17-18H2/t21-,28+/m0/s1. The van der Waals surface area contributed by atoms with Crippen LogP contribution in [-0.2, 0) is 4.57 Å². The first-order valence-electron chi connectivity index (χ1n) is 9.80. The molecule has 0 N–H and O–H groups in total. The lowest BCUT2D eigenvalue weighted by Crippen LogP contribution is -2.23. The zero-order chi connectivity index (χ0) is 19.0. The summed E-state index contributed by atoms with van der Waals surface area (Å²) in [6.45, 7) is 1.56. The van der Waals surface area contributed by atoms with Crippen molar-refractivity contribution in [2.45, 2.75) is 18.9 Å². The van der Waals surface area contributed by atoms with E-state index >= 15 is 0 Å². The molecule has 3 aromatic rings. The second kappa shape index (κ2) is 7.12. The minimum absolute atomic E-state index is 0.287. The highest BCUT2D eigenvalue weighted by Crippen LogP contribution is 2.63. The smallest absolute Gasteiger partial charge is 0.417 e. The SMILES string of the molecule is O=[P@]1(Oc2ccccc2-c2ccccc2)N(c2ccccc2)C[C@@H]2CCCN21. The summed E-state index contributed by atoms with van der Waals surface area (Å²) in [4.78, 5) is 0. The molecule has 4 nitrogen and oxygen atoms in total. The van der Waals surface area contributed by atoms with Crippen molar-refractivity contribution in [3.63, 3.8) is 0 Å². The molecule has 0 saturated carbocycles. The molecule has 0 amide bonds. The van der Waals surface area contributed by atoms with Crippen molar-refractivity contribution >= 4 is 13.4 Å². The van der Waals surface area contributed by atoms with Gasteiger partial charge >= 0.3 is 7.67 Å². The van der Waals surface area contributed by atoms with E-state index in [2.05, 4.69) is 16.8 Å². The van der Waals surface area contributed by atoms with Gasteiger partial charge in [0, 0.05) is 30.4 Å². The monoisotopic (exact) mass is 390 g/mol. The first-order chi connectivity index (χ1) is 13.8. The summed E-state index contributed by atoms with van der Waals surface area (Å²) in [5, 5.41) is 0. The lowest BCUT2D eigenvalue weighted by atomic mass is 10.1. The Morgan fingerprint density at radius 3 is 2.32 bits per heavy atom. The number of fused-ring (bicyclic) bond motifs is 1. The topological polar surface area (TPSA) is 32.8 Å². The van der Waals surface area contributed by atoms with Gasteiger partial charge in [0.25, 0.3) is 0 Å². The molecule has 2 aliphatic heterocycles. The summed E-state index contributed by atoms with van der Waals surface area (Å²) in [5.41, 5.74) is 2.99. The van der Waals surface area contributed by atoms with E-state index in [1.165, 1.54) is 0 Å². The minimum atomic E-state index is -3.21. The quantitative estimate of drug-likeness (QED) is 0.525. The number of para-hydroxylation sites is 2. The van der Waals surface area contributed by atoms with Crippen LogP contribution in [0.25, 0.3) is 11.1 Å². The van der Waals surface area contributed by atoms with Crippen LogP contribution >= 0.6 is 7.67 Å². The van der Waals surface area contributed by atoms with Crippen molar-refractivity contribution in [3.05, 3.63) is 84.9 Å². The van der Waals surface area contributed by atoms with Crippen molar-refractivity contribution < 1.29 is 9.09 Å². The van der Waals surface area contributed by atoms with Gasteiger partial charge in [0.05, 0.1) is 0 Å². The normalized spacial score (nSPS) is 24.3. The van der Waals surface area contributed by atoms with Gasteiger partial charge in [-0.15, -0.1) is 0 Å². The van der Waals surface area contributed by atoms with Crippen molar-refractivity contribution in [1.29, 1.82) is 0 Å². The van der Waals surface area contributed by atoms with E-state index in [0.717, 1.165) is 42.7 Å². The predicted molar refractivity (Wildman–Crippen MR) is 114 cm³/mol. The van der Waals surface area contributed by atoms with E-state index in [-0.39, 0.29) is 6.04 Å². The largest absolute Gasteiger partial charge is 0.422 e. The summed E-state index contributed by atoms with van der Waals surface area (Å²) >= 11 is 0. The molecule has 0 bridgehead atoms. The molecule has 3 aromatic carbocycles. The van der Waals surface area contributed by atoms with Crippen LogP contribution in [0.4, 0.5) is 5.69 Å². The molecule has 5 rings (SSSR count). The van der Waals surface area contributed by atoms with Gasteiger partial charge in [0.2, 0.25) is 0 Å². The van der Waals surface area contributed by atoms with Crippen LogP contribution in [0.3, 0.4) is 0 Å². The van der Waals surface area contributed by atoms with Crippen LogP contribution < -0.4 is 9.19 Å². The van der Waals surface area contributed by atoms with Gasteiger partial charge in [-0.05, 0) is 36.6 Å². The number of nitrogens with zero attached hydrogens (tertiary/aromatic N) is 2. The molecule has 28 heavy (non-hydrogen) atoms. The summed E-state index contributed by atoms with van der Waals surface area (Å²) in [6.07, 6.45) is 2.14. The molecular formula is C23H23N2O2P. The molecule has 0 unspecified atom stereocenters. The summed E-state index contributed by atoms with van der Waals surface area (Å²) in [7, 11) is -3.21. The van der Waals surface area contributed by atoms with Gasteiger partial charge in [-0.1, -0.05) is 66.7 Å². The number of benzene rings is 3. The highest BCUT2D eigenvalue weighted by Gasteiger charge is 2.53. The predicted octanol–water partition coefficient (Wildman–Crippen LogP) is 5.83. The molecule has 2 fully saturated rings. The average Bonchev–Trinajstić information content (AvgIpc) is 3.32. The molecule has 0 aliphatic carbocycles. The Hall–Kier alpha value is -2.55. The van der Waals surface area contributed by atoms with E-state index in [0.29, 0.717) is 5.75 Å². The lowest BCUT2D eigenvalue weighted by Gasteiger charge is -2.30. The van der Waals surface area contributed by atoms with Gasteiger partial charge in [0.15, 0.2) is 0 Å². The first kappa shape index (κ1) is 17.5. The van der Waals surface area contributed by atoms with Crippen LogP contribution in [-0.4, -0.2) is 23.8 Å². The molecule has 2 aliphatic rings. The van der Waals surface area contributed by atoms with Crippen LogP contribution in [0.15, 0.2) is 84.9 Å². The Bertz CT molecular complexity index is 1010. The first-order valence-corrected chi connectivity index (χ1v) is 11.3. The Balaban J connectivity index is 1.57. The molecule has 2 heterocycles. The molecule has 0 aromatic heterocycles. The van der Waals surface area contributed by atoms with E-state index in [1.54, 1.807) is 0 Å². The molecule has 142 valence electrons. The number of hydrogen-bond acceptors (Lipinski definition) is 2. The maximum Gasteiger partial charge on any atom is 0.422 e. The maximum absolute atomic E-state index is 14.3.